The van der Waals surface area contributed by atoms with Gasteiger partial charge < -0.3 is 15.2 Å². The lowest BCUT2D eigenvalue weighted by atomic mass is 10.1. The Bertz CT molecular complexity index is 219. The third kappa shape index (κ3) is 2.07. The Morgan fingerprint density at radius 3 is 2.86 bits per heavy atom. The normalized spacial score (nSPS) is 29.0. The molecule has 0 amide bonds. The molecule has 2 aliphatic rings. The van der Waals surface area contributed by atoms with Gasteiger partial charge in [-0.3, -0.25) is 4.79 Å². The van der Waals surface area contributed by atoms with Gasteiger partial charge in [-0.15, -0.1) is 0 Å². The quantitative estimate of drug-likeness (QED) is 0.681. The van der Waals surface area contributed by atoms with Crippen LogP contribution in [-0.4, -0.2) is 36.9 Å². The van der Waals surface area contributed by atoms with Crippen molar-refractivity contribution >= 4 is 5.97 Å². The van der Waals surface area contributed by atoms with Gasteiger partial charge in [-0.25, -0.2) is 0 Å². The fraction of sp³-hybridized carbons (Fsp3) is 0.900. The van der Waals surface area contributed by atoms with Crippen LogP contribution < -0.4 is 5.32 Å². The lowest BCUT2D eigenvalue weighted by molar-refractivity contribution is -0.143. The average molecular weight is 199 g/mol. The van der Waals surface area contributed by atoms with Crippen LogP contribution in [0.1, 0.15) is 25.7 Å². The van der Waals surface area contributed by atoms with Crippen molar-refractivity contribution in [3.8, 4) is 0 Å². The van der Waals surface area contributed by atoms with E-state index in [1.807, 2.05) is 0 Å². The SMILES string of the molecule is O=C(O)C1(CNCC2CCCO2)CC1. The topological polar surface area (TPSA) is 58.6 Å². The van der Waals surface area contributed by atoms with Crippen LogP contribution in [0.4, 0.5) is 0 Å². The average Bonchev–Trinajstić information content (AvgIpc) is 2.76. The smallest absolute Gasteiger partial charge is 0.310 e. The minimum Gasteiger partial charge on any atom is -0.481 e. The molecule has 1 atom stereocenters. The summed E-state index contributed by atoms with van der Waals surface area (Å²) in [6.45, 7) is 2.26. The van der Waals surface area contributed by atoms with E-state index in [4.69, 9.17) is 9.84 Å². The van der Waals surface area contributed by atoms with Gasteiger partial charge in [-0.05, 0) is 25.7 Å². The summed E-state index contributed by atoms with van der Waals surface area (Å²) in [5, 5.41) is 12.1. The number of carbonyl (C=O) groups is 1. The van der Waals surface area contributed by atoms with Gasteiger partial charge in [0.2, 0.25) is 0 Å². The number of nitrogens with one attached hydrogen (secondary N) is 1. The minimum atomic E-state index is -0.655. The van der Waals surface area contributed by atoms with E-state index < -0.39 is 11.4 Å². The van der Waals surface area contributed by atoms with E-state index in [0.29, 0.717) is 12.6 Å². The molecule has 0 aromatic rings. The first-order valence-corrected chi connectivity index (χ1v) is 5.29. The van der Waals surface area contributed by atoms with Crippen LogP contribution in [0.2, 0.25) is 0 Å². The molecule has 1 aliphatic carbocycles. The van der Waals surface area contributed by atoms with Gasteiger partial charge in [0.25, 0.3) is 0 Å². The predicted octanol–water partition coefficient (Wildman–Crippen LogP) is 0.620. The molecule has 1 heterocycles. The molecule has 2 N–H and O–H groups in total. The molecule has 4 nitrogen and oxygen atoms in total. The monoisotopic (exact) mass is 199 g/mol. The van der Waals surface area contributed by atoms with Crippen LogP contribution in [0.15, 0.2) is 0 Å². The summed E-state index contributed by atoms with van der Waals surface area (Å²) < 4.78 is 5.44. The first-order chi connectivity index (χ1) is 6.73. The Labute approximate surface area is 83.6 Å². The first kappa shape index (κ1) is 9.93. The molecule has 1 saturated carbocycles. The molecule has 0 bridgehead atoms. The van der Waals surface area contributed by atoms with Crippen LogP contribution in [0.5, 0.6) is 0 Å². The maximum Gasteiger partial charge on any atom is 0.310 e. The zero-order chi connectivity index (χ0) is 10.0. The number of aliphatic carboxylic acids is 1. The Kier molecular flexibility index (Phi) is 2.74. The highest BCUT2D eigenvalue weighted by Gasteiger charge is 2.49. The van der Waals surface area contributed by atoms with E-state index in [-0.39, 0.29) is 0 Å². The van der Waals surface area contributed by atoms with E-state index in [1.54, 1.807) is 0 Å². The molecule has 0 aromatic heterocycles. The first-order valence-electron chi connectivity index (χ1n) is 5.29. The van der Waals surface area contributed by atoms with E-state index >= 15 is 0 Å². The largest absolute Gasteiger partial charge is 0.481 e. The molecule has 0 radical (unpaired) electrons. The summed E-state index contributed by atoms with van der Waals surface area (Å²) in [6, 6.07) is 0. The van der Waals surface area contributed by atoms with Gasteiger partial charge in [0.15, 0.2) is 0 Å². The second-order valence-corrected chi connectivity index (χ2v) is 4.35. The molecule has 1 unspecified atom stereocenters. The number of rotatable bonds is 5. The summed E-state index contributed by atoms with van der Waals surface area (Å²) in [4.78, 5) is 10.8. The van der Waals surface area contributed by atoms with Crippen LogP contribution in [0.25, 0.3) is 0 Å². The third-order valence-electron chi connectivity index (χ3n) is 3.17. The molecule has 80 valence electrons. The van der Waals surface area contributed by atoms with Gasteiger partial charge >= 0.3 is 5.97 Å². The Balaban J connectivity index is 1.65. The number of hydrogen-bond acceptors (Lipinski definition) is 3. The summed E-state index contributed by atoms with van der Waals surface area (Å²) in [5.74, 6) is -0.655. The van der Waals surface area contributed by atoms with E-state index in [9.17, 15) is 4.79 Å². The molecule has 14 heavy (non-hydrogen) atoms. The van der Waals surface area contributed by atoms with Crippen molar-refractivity contribution in [1.82, 2.24) is 5.32 Å². The second-order valence-electron chi connectivity index (χ2n) is 4.35. The van der Waals surface area contributed by atoms with Gasteiger partial charge in [0.1, 0.15) is 0 Å². The molecular formula is C10H17NO3. The third-order valence-corrected chi connectivity index (χ3v) is 3.17. The lowest BCUT2D eigenvalue weighted by Crippen LogP contribution is -2.34. The van der Waals surface area contributed by atoms with E-state index in [0.717, 1.165) is 38.8 Å². The number of ether oxygens (including phenoxy) is 1. The highest BCUT2D eigenvalue weighted by molar-refractivity contribution is 5.78. The molecule has 0 spiro atoms. The minimum absolute atomic E-state index is 0.305. The molecule has 2 fully saturated rings. The zero-order valence-electron chi connectivity index (χ0n) is 8.29. The summed E-state index contributed by atoms with van der Waals surface area (Å²) in [7, 11) is 0. The van der Waals surface area contributed by atoms with Crippen LogP contribution >= 0.6 is 0 Å². The Morgan fingerprint density at radius 1 is 1.57 bits per heavy atom. The summed E-state index contributed by atoms with van der Waals surface area (Å²) in [5.41, 5.74) is -0.446. The second kappa shape index (κ2) is 3.87. The van der Waals surface area contributed by atoms with E-state index in [1.165, 1.54) is 0 Å². The van der Waals surface area contributed by atoms with Gasteiger partial charge in [0.05, 0.1) is 11.5 Å². The Hall–Kier alpha value is -0.610. The van der Waals surface area contributed by atoms with Crippen molar-refractivity contribution in [2.75, 3.05) is 19.7 Å². The molecule has 0 aromatic carbocycles. The number of carboxylic acid groups (broad SMARTS) is 1. The van der Waals surface area contributed by atoms with Gasteiger partial charge in [-0.2, -0.15) is 0 Å². The van der Waals surface area contributed by atoms with Crippen molar-refractivity contribution in [3.05, 3.63) is 0 Å². The van der Waals surface area contributed by atoms with Crippen LogP contribution in [0.3, 0.4) is 0 Å². The van der Waals surface area contributed by atoms with E-state index in [2.05, 4.69) is 5.32 Å². The van der Waals surface area contributed by atoms with Gasteiger partial charge in [0, 0.05) is 19.7 Å². The summed E-state index contributed by atoms with van der Waals surface area (Å²) >= 11 is 0. The molecular weight excluding hydrogens is 182 g/mol. The standard InChI is InChI=1S/C10H17NO3/c12-9(13)10(3-4-10)7-11-6-8-2-1-5-14-8/h8,11H,1-7H2,(H,12,13). The lowest BCUT2D eigenvalue weighted by Gasteiger charge is -2.14. The van der Waals surface area contributed by atoms with Gasteiger partial charge in [-0.1, -0.05) is 0 Å². The zero-order valence-corrected chi connectivity index (χ0v) is 8.29. The van der Waals surface area contributed by atoms with Crippen molar-refractivity contribution < 1.29 is 14.6 Å². The fourth-order valence-electron chi connectivity index (χ4n) is 1.89. The van der Waals surface area contributed by atoms with Crippen molar-refractivity contribution in [1.29, 1.82) is 0 Å². The molecule has 4 heteroatoms. The number of hydrogen-bond donors (Lipinski definition) is 2. The van der Waals surface area contributed by atoms with Crippen molar-refractivity contribution in [2.24, 2.45) is 5.41 Å². The Morgan fingerprint density at radius 2 is 2.36 bits per heavy atom. The van der Waals surface area contributed by atoms with Crippen molar-refractivity contribution in [3.63, 3.8) is 0 Å². The van der Waals surface area contributed by atoms with Crippen LogP contribution in [0, 0.1) is 5.41 Å². The molecule has 1 aliphatic heterocycles. The predicted molar refractivity (Wildman–Crippen MR) is 51.1 cm³/mol. The fourth-order valence-corrected chi connectivity index (χ4v) is 1.89. The van der Waals surface area contributed by atoms with Crippen molar-refractivity contribution in [2.45, 2.75) is 31.8 Å². The molecule has 2 rings (SSSR count). The molecule has 1 saturated heterocycles. The highest BCUT2D eigenvalue weighted by Crippen LogP contribution is 2.45. The van der Waals surface area contributed by atoms with Crippen LogP contribution in [-0.2, 0) is 9.53 Å². The maximum absolute atomic E-state index is 10.8. The maximum atomic E-state index is 10.8. The highest BCUT2D eigenvalue weighted by atomic mass is 16.5. The number of carboxylic acids is 1. The summed E-state index contributed by atoms with van der Waals surface area (Å²) in [6.07, 6.45) is 4.19.